The number of carbonyl (C=O) groups is 1. The van der Waals surface area contributed by atoms with Gasteiger partial charge in [0.2, 0.25) is 0 Å². The van der Waals surface area contributed by atoms with E-state index in [9.17, 15) is 4.79 Å². The zero-order valence-electron chi connectivity index (χ0n) is 15.5. The number of ether oxygens (including phenoxy) is 1. The van der Waals surface area contributed by atoms with E-state index >= 15 is 0 Å². The summed E-state index contributed by atoms with van der Waals surface area (Å²) in [6.07, 6.45) is 0. The van der Waals surface area contributed by atoms with Crippen LogP contribution >= 0.6 is 0 Å². The van der Waals surface area contributed by atoms with Gasteiger partial charge in [-0.3, -0.25) is 4.79 Å². The molecule has 27 heavy (non-hydrogen) atoms. The Morgan fingerprint density at radius 1 is 1.00 bits per heavy atom. The number of nitrogens with one attached hydrogen (secondary N) is 2. The van der Waals surface area contributed by atoms with Crippen molar-refractivity contribution >= 4 is 28.1 Å². The third-order valence-corrected chi connectivity index (χ3v) is 4.13. The molecule has 0 radical (unpaired) electrons. The summed E-state index contributed by atoms with van der Waals surface area (Å²) in [6.45, 7) is 4.59. The first-order valence-corrected chi connectivity index (χ1v) is 8.95. The standard InChI is InChI=1S/C22H23N3O2/c1-3-27-21-12-10-20(11-13-21)23-15-22(26)25-24-16(2)18-9-8-17-6-4-5-7-19(17)14-18/h4-14,23H,3,15H2,1-2H3,(H,25,26)/b24-16-. The van der Waals surface area contributed by atoms with E-state index in [2.05, 4.69) is 40.1 Å². The van der Waals surface area contributed by atoms with Gasteiger partial charge >= 0.3 is 0 Å². The molecule has 138 valence electrons. The van der Waals surface area contributed by atoms with E-state index in [-0.39, 0.29) is 12.5 Å². The summed E-state index contributed by atoms with van der Waals surface area (Å²) < 4.78 is 5.40. The van der Waals surface area contributed by atoms with Crippen molar-refractivity contribution in [2.75, 3.05) is 18.5 Å². The molecule has 0 aliphatic rings. The fourth-order valence-corrected chi connectivity index (χ4v) is 2.68. The van der Waals surface area contributed by atoms with Crippen LogP contribution in [0.15, 0.2) is 71.8 Å². The maximum Gasteiger partial charge on any atom is 0.259 e. The Labute approximate surface area is 159 Å². The highest BCUT2D eigenvalue weighted by Crippen LogP contribution is 2.16. The monoisotopic (exact) mass is 361 g/mol. The predicted molar refractivity (Wildman–Crippen MR) is 110 cm³/mol. The Morgan fingerprint density at radius 3 is 2.48 bits per heavy atom. The maximum atomic E-state index is 12.0. The molecule has 0 fully saturated rings. The van der Waals surface area contributed by atoms with Crippen molar-refractivity contribution in [2.45, 2.75) is 13.8 Å². The van der Waals surface area contributed by atoms with Crippen molar-refractivity contribution in [1.82, 2.24) is 5.43 Å². The van der Waals surface area contributed by atoms with Crippen LogP contribution in [0.2, 0.25) is 0 Å². The summed E-state index contributed by atoms with van der Waals surface area (Å²) in [5, 5.41) is 9.60. The summed E-state index contributed by atoms with van der Waals surface area (Å²) in [5.74, 6) is 0.604. The van der Waals surface area contributed by atoms with Gasteiger partial charge in [-0.1, -0.05) is 36.4 Å². The van der Waals surface area contributed by atoms with Crippen molar-refractivity contribution in [3.63, 3.8) is 0 Å². The molecule has 0 bridgehead atoms. The summed E-state index contributed by atoms with van der Waals surface area (Å²) in [6, 6.07) is 21.8. The Morgan fingerprint density at radius 2 is 1.74 bits per heavy atom. The normalized spacial score (nSPS) is 11.3. The Hall–Kier alpha value is -3.34. The summed E-state index contributed by atoms with van der Waals surface area (Å²) in [4.78, 5) is 12.0. The van der Waals surface area contributed by atoms with Crippen LogP contribution < -0.4 is 15.5 Å². The fraction of sp³-hybridized carbons (Fsp3) is 0.182. The van der Waals surface area contributed by atoms with Gasteiger partial charge in [0, 0.05) is 5.69 Å². The number of hydrogen-bond donors (Lipinski definition) is 2. The SMILES string of the molecule is CCOc1ccc(NCC(=O)N/N=C(/C)c2ccc3ccccc3c2)cc1. The number of hydrogen-bond acceptors (Lipinski definition) is 4. The number of hydrazone groups is 1. The second-order valence-corrected chi connectivity index (χ2v) is 6.11. The third-order valence-electron chi connectivity index (χ3n) is 4.13. The summed E-state index contributed by atoms with van der Waals surface area (Å²) >= 11 is 0. The summed E-state index contributed by atoms with van der Waals surface area (Å²) in [5.41, 5.74) is 5.18. The van der Waals surface area contributed by atoms with Gasteiger partial charge < -0.3 is 10.1 Å². The van der Waals surface area contributed by atoms with Gasteiger partial charge in [0.25, 0.3) is 5.91 Å². The van der Waals surface area contributed by atoms with Crippen LogP contribution in [0, 0.1) is 0 Å². The van der Waals surface area contributed by atoms with Crippen LogP contribution in [0.5, 0.6) is 5.75 Å². The Balaban J connectivity index is 1.55. The van der Waals surface area contributed by atoms with Gasteiger partial charge in [-0.2, -0.15) is 5.10 Å². The second-order valence-electron chi connectivity index (χ2n) is 6.11. The number of carbonyl (C=O) groups excluding carboxylic acids is 1. The first-order valence-electron chi connectivity index (χ1n) is 8.95. The molecule has 0 saturated heterocycles. The van der Waals surface area contributed by atoms with Gasteiger partial charge in [0.05, 0.1) is 18.9 Å². The lowest BCUT2D eigenvalue weighted by atomic mass is 10.0. The average molecular weight is 361 g/mol. The highest BCUT2D eigenvalue weighted by atomic mass is 16.5. The van der Waals surface area contributed by atoms with Crippen molar-refractivity contribution < 1.29 is 9.53 Å². The molecule has 3 aromatic carbocycles. The van der Waals surface area contributed by atoms with Gasteiger partial charge in [-0.05, 0) is 60.5 Å². The molecule has 3 rings (SSSR count). The Kier molecular flexibility index (Phi) is 6.05. The molecule has 0 unspecified atom stereocenters. The van der Waals surface area contributed by atoms with Crippen LogP contribution in [0.3, 0.4) is 0 Å². The molecule has 1 amide bonds. The van der Waals surface area contributed by atoms with Crippen LogP contribution in [-0.2, 0) is 4.79 Å². The predicted octanol–water partition coefficient (Wildman–Crippen LogP) is 4.19. The van der Waals surface area contributed by atoms with Gasteiger partial charge in [-0.15, -0.1) is 0 Å². The molecule has 2 N–H and O–H groups in total. The Bertz CT molecular complexity index is 949. The smallest absolute Gasteiger partial charge is 0.259 e. The highest BCUT2D eigenvalue weighted by Gasteiger charge is 2.03. The molecular weight excluding hydrogens is 338 g/mol. The molecule has 0 aromatic heterocycles. The lowest BCUT2D eigenvalue weighted by molar-refractivity contribution is -0.119. The molecule has 5 heteroatoms. The minimum absolute atomic E-state index is 0.141. The van der Waals surface area contributed by atoms with Crippen molar-refractivity contribution in [3.8, 4) is 5.75 Å². The topological polar surface area (TPSA) is 62.7 Å². The van der Waals surface area contributed by atoms with E-state index in [1.807, 2.05) is 56.3 Å². The van der Waals surface area contributed by atoms with Crippen molar-refractivity contribution in [1.29, 1.82) is 0 Å². The zero-order valence-corrected chi connectivity index (χ0v) is 15.5. The van der Waals surface area contributed by atoms with E-state index in [0.29, 0.717) is 6.61 Å². The van der Waals surface area contributed by atoms with Crippen LogP contribution in [0.1, 0.15) is 19.4 Å². The first kappa shape index (κ1) is 18.5. The summed E-state index contributed by atoms with van der Waals surface area (Å²) in [7, 11) is 0. The van der Waals surface area contributed by atoms with Crippen molar-refractivity contribution in [3.05, 3.63) is 72.3 Å². The number of nitrogens with zero attached hydrogens (tertiary/aromatic N) is 1. The minimum Gasteiger partial charge on any atom is -0.494 e. The molecule has 0 aliphatic carbocycles. The van der Waals surface area contributed by atoms with Gasteiger partial charge in [-0.25, -0.2) is 5.43 Å². The lowest BCUT2D eigenvalue weighted by Crippen LogP contribution is -2.26. The fourth-order valence-electron chi connectivity index (χ4n) is 2.68. The lowest BCUT2D eigenvalue weighted by Gasteiger charge is -2.08. The number of anilines is 1. The van der Waals surface area contributed by atoms with E-state index in [4.69, 9.17) is 4.74 Å². The second kappa shape index (κ2) is 8.85. The molecule has 0 saturated carbocycles. The first-order chi connectivity index (χ1) is 13.2. The molecule has 3 aromatic rings. The van der Waals surface area contributed by atoms with Crippen LogP contribution in [0.4, 0.5) is 5.69 Å². The number of benzene rings is 3. The quantitative estimate of drug-likeness (QED) is 0.490. The number of amides is 1. The molecule has 0 atom stereocenters. The van der Waals surface area contributed by atoms with Crippen molar-refractivity contribution in [2.24, 2.45) is 5.10 Å². The molecule has 0 aliphatic heterocycles. The number of fused-ring (bicyclic) bond motifs is 1. The molecule has 5 nitrogen and oxygen atoms in total. The maximum absolute atomic E-state index is 12.0. The minimum atomic E-state index is -0.205. The molecule has 0 heterocycles. The van der Waals surface area contributed by atoms with E-state index < -0.39 is 0 Å². The highest BCUT2D eigenvalue weighted by molar-refractivity contribution is 6.02. The third kappa shape index (κ3) is 5.07. The van der Waals surface area contributed by atoms with E-state index in [0.717, 1.165) is 28.1 Å². The average Bonchev–Trinajstić information content (AvgIpc) is 2.71. The van der Waals surface area contributed by atoms with Crippen LogP contribution in [-0.4, -0.2) is 24.8 Å². The van der Waals surface area contributed by atoms with E-state index in [1.54, 1.807) is 0 Å². The van der Waals surface area contributed by atoms with Crippen LogP contribution in [0.25, 0.3) is 10.8 Å². The molecule has 0 spiro atoms. The van der Waals surface area contributed by atoms with Gasteiger partial charge in [0.1, 0.15) is 5.75 Å². The van der Waals surface area contributed by atoms with Gasteiger partial charge in [0.15, 0.2) is 0 Å². The van der Waals surface area contributed by atoms with E-state index in [1.165, 1.54) is 5.39 Å². The largest absolute Gasteiger partial charge is 0.494 e. The number of rotatable bonds is 7. The zero-order chi connectivity index (χ0) is 19.1. The molecular formula is C22H23N3O2.